The normalized spacial score (nSPS) is 10.2. The van der Waals surface area contributed by atoms with Crippen LogP contribution in [0.1, 0.15) is 5.56 Å². The molecule has 1 aromatic carbocycles. The first-order valence-corrected chi connectivity index (χ1v) is 4.56. The number of hydrogen-bond donors (Lipinski definition) is 1. The van der Waals surface area contributed by atoms with Gasteiger partial charge in [0.1, 0.15) is 0 Å². The van der Waals surface area contributed by atoms with Gasteiger partial charge in [-0.25, -0.2) is 0 Å². The zero-order valence-electron chi connectivity index (χ0n) is 8.23. The molecule has 0 aliphatic heterocycles. The van der Waals surface area contributed by atoms with Crippen LogP contribution in [0.25, 0.3) is 11.1 Å². The minimum Gasteiger partial charge on any atom is -0.361 e. The molecule has 0 radical (unpaired) electrons. The van der Waals surface area contributed by atoms with Gasteiger partial charge in [0.25, 0.3) is 5.69 Å². The number of H-pyrrole nitrogens is 1. The van der Waals surface area contributed by atoms with E-state index in [-0.39, 0.29) is 10.6 Å². The third-order valence-electron chi connectivity index (χ3n) is 2.28. The second-order valence-electron chi connectivity index (χ2n) is 3.38. The number of nitrogens with one attached hydrogen (secondary N) is 1. The second-order valence-corrected chi connectivity index (χ2v) is 3.38. The first-order chi connectivity index (χ1) is 7.18. The van der Waals surface area contributed by atoms with Gasteiger partial charge in [0.2, 0.25) is 0 Å². The number of hydrogen-bond acceptors (Lipinski definition) is 2. The van der Waals surface area contributed by atoms with Crippen molar-refractivity contribution in [3.63, 3.8) is 0 Å². The largest absolute Gasteiger partial charge is 0.361 e. The van der Waals surface area contributed by atoms with Gasteiger partial charge in [-0.1, -0.05) is 29.8 Å². The smallest absolute Gasteiger partial charge is 0.294 e. The van der Waals surface area contributed by atoms with Gasteiger partial charge in [-0.2, -0.15) is 0 Å². The number of benzene rings is 1. The summed E-state index contributed by atoms with van der Waals surface area (Å²) in [5.41, 5.74) is 2.73. The van der Waals surface area contributed by atoms with Crippen LogP contribution in [-0.2, 0) is 0 Å². The van der Waals surface area contributed by atoms with E-state index in [4.69, 9.17) is 0 Å². The predicted molar refractivity (Wildman–Crippen MR) is 57.6 cm³/mol. The van der Waals surface area contributed by atoms with E-state index < -0.39 is 0 Å². The van der Waals surface area contributed by atoms with Crippen molar-refractivity contribution >= 4 is 5.69 Å². The predicted octanol–water partition coefficient (Wildman–Crippen LogP) is 2.90. The number of aromatic nitrogens is 1. The van der Waals surface area contributed by atoms with Gasteiger partial charge in [-0.15, -0.1) is 0 Å². The van der Waals surface area contributed by atoms with Gasteiger partial charge >= 0.3 is 0 Å². The third-order valence-corrected chi connectivity index (χ3v) is 2.28. The molecule has 0 atom stereocenters. The van der Waals surface area contributed by atoms with Crippen molar-refractivity contribution in [3.05, 3.63) is 52.3 Å². The number of aromatic amines is 1. The highest BCUT2D eigenvalue weighted by Crippen LogP contribution is 2.29. The van der Waals surface area contributed by atoms with E-state index in [1.54, 1.807) is 6.20 Å². The summed E-state index contributed by atoms with van der Waals surface area (Å²) in [6.07, 6.45) is 3.04. The first kappa shape index (κ1) is 9.45. The maximum absolute atomic E-state index is 10.7. The Kier molecular flexibility index (Phi) is 2.25. The van der Waals surface area contributed by atoms with Crippen molar-refractivity contribution in [1.82, 2.24) is 4.98 Å². The summed E-state index contributed by atoms with van der Waals surface area (Å²) in [4.78, 5) is 13.1. The summed E-state index contributed by atoms with van der Waals surface area (Å²) in [7, 11) is 0. The highest BCUT2D eigenvalue weighted by Gasteiger charge is 2.15. The Bertz CT molecular complexity index is 486. The lowest BCUT2D eigenvalue weighted by atomic mass is 10.1. The van der Waals surface area contributed by atoms with Crippen LogP contribution in [0.15, 0.2) is 36.7 Å². The molecule has 0 aliphatic carbocycles. The van der Waals surface area contributed by atoms with Gasteiger partial charge in [-0.05, 0) is 12.5 Å². The summed E-state index contributed by atoms with van der Waals surface area (Å²) in [6, 6.07) is 7.63. The zero-order chi connectivity index (χ0) is 10.8. The van der Waals surface area contributed by atoms with Crippen molar-refractivity contribution in [3.8, 4) is 11.1 Å². The zero-order valence-corrected chi connectivity index (χ0v) is 8.23. The molecular weight excluding hydrogens is 192 g/mol. The lowest BCUT2D eigenvalue weighted by Gasteiger charge is -1.98. The van der Waals surface area contributed by atoms with E-state index >= 15 is 0 Å². The number of nitrogens with zero attached hydrogens (tertiary/aromatic N) is 1. The molecule has 1 aromatic heterocycles. The minimum absolute atomic E-state index is 0.110. The standard InChI is InChI=1S/C11H10N2O2/c1-8-2-4-9(5-3-8)10-6-12-7-11(10)13(14)15/h2-7,12H,1H3. The van der Waals surface area contributed by atoms with Crippen LogP contribution < -0.4 is 0 Å². The molecule has 0 saturated carbocycles. The molecule has 4 nitrogen and oxygen atoms in total. The van der Waals surface area contributed by atoms with Crippen molar-refractivity contribution < 1.29 is 4.92 Å². The fourth-order valence-corrected chi connectivity index (χ4v) is 1.47. The molecule has 0 unspecified atom stereocenters. The lowest BCUT2D eigenvalue weighted by molar-refractivity contribution is -0.384. The lowest BCUT2D eigenvalue weighted by Crippen LogP contribution is -1.87. The SMILES string of the molecule is Cc1ccc(-c2c[nH]cc2[N+](=O)[O-])cc1. The molecule has 1 heterocycles. The maximum atomic E-state index is 10.7. The molecule has 0 fully saturated rings. The van der Waals surface area contributed by atoms with Gasteiger partial charge in [0.15, 0.2) is 0 Å². The topological polar surface area (TPSA) is 58.9 Å². The number of aryl methyl sites for hydroxylation is 1. The highest BCUT2D eigenvalue weighted by molar-refractivity contribution is 5.72. The average Bonchev–Trinajstić information content (AvgIpc) is 2.67. The molecule has 2 aromatic rings. The van der Waals surface area contributed by atoms with E-state index in [2.05, 4.69) is 4.98 Å². The fourth-order valence-electron chi connectivity index (χ4n) is 1.47. The van der Waals surface area contributed by atoms with Crippen LogP contribution in [0.5, 0.6) is 0 Å². The molecule has 0 saturated heterocycles. The van der Waals surface area contributed by atoms with E-state index in [1.165, 1.54) is 6.20 Å². The Labute approximate surface area is 86.7 Å². The van der Waals surface area contributed by atoms with E-state index in [0.29, 0.717) is 5.56 Å². The monoisotopic (exact) mass is 202 g/mol. The van der Waals surface area contributed by atoms with Gasteiger partial charge in [0, 0.05) is 6.20 Å². The molecule has 15 heavy (non-hydrogen) atoms. The summed E-state index contributed by atoms with van der Waals surface area (Å²) in [5, 5.41) is 10.7. The Morgan fingerprint density at radius 3 is 2.47 bits per heavy atom. The number of nitro groups is 1. The second kappa shape index (κ2) is 3.57. The Morgan fingerprint density at radius 1 is 1.20 bits per heavy atom. The van der Waals surface area contributed by atoms with E-state index in [1.807, 2.05) is 31.2 Å². The van der Waals surface area contributed by atoms with Crippen LogP contribution in [0, 0.1) is 17.0 Å². The van der Waals surface area contributed by atoms with Crippen molar-refractivity contribution in [1.29, 1.82) is 0 Å². The molecule has 2 rings (SSSR count). The van der Waals surface area contributed by atoms with Gasteiger partial charge in [0.05, 0.1) is 16.7 Å². The molecule has 0 bridgehead atoms. The van der Waals surface area contributed by atoms with Crippen LogP contribution >= 0.6 is 0 Å². The molecular formula is C11H10N2O2. The summed E-state index contributed by atoms with van der Waals surface area (Å²) >= 11 is 0. The van der Waals surface area contributed by atoms with Crippen LogP contribution in [-0.4, -0.2) is 9.91 Å². The molecule has 0 spiro atoms. The summed E-state index contributed by atoms with van der Waals surface area (Å²) in [5.74, 6) is 0. The number of rotatable bonds is 2. The van der Waals surface area contributed by atoms with Crippen LogP contribution in [0.3, 0.4) is 0 Å². The van der Waals surface area contributed by atoms with Crippen molar-refractivity contribution in [2.45, 2.75) is 6.92 Å². The summed E-state index contributed by atoms with van der Waals surface area (Å²) in [6.45, 7) is 1.98. The minimum atomic E-state index is -0.383. The third kappa shape index (κ3) is 1.74. The highest BCUT2D eigenvalue weighted by atomic mass is 16.6. The van der Waals surface area contributed by atoms with Gasteiger partial charge < -0.3 is 4.98 Å². The molecule has 0 amide bonds. The fraction of sp³-hybridized carbons (Fsp3) is 0.0909. The molecule has 4 heteroatoms. The molecule has 1 N–H and O–H groups in total. The Hall–Kier alpha value is -2.10. The van der Waals surface area contributed by atoms with E-state index in [0.717, 1.165) is 11.1 Å². The molecule has 76 valence electrons. The Morgan fingerprint density at radius 2 is 1.87 bits per heavy atom. The Balaban J connectivity index is 2.49. The maximum Gasteiger partial charge on any atom is 0.294 e. The van der Waals surface area contributed by atoms with Crippen LogP contribution in [0.2, 0.25) is 0 Å². The average molecular weight is 202 g/mol. The van der Waals surface area contributed by atoms with E-state index in [9.17, 15) is 10.1 Å². The molecule has 0 aliphatic rings. The summed E-state index contributed by atoms with van der Waals surface area (Å²) < 4.78 is 0. The van der Waals surface area contributed by atoms with Crippen LogP contribution in [0.4, 0.5) is 5.69 Å². The first-order valence-electron chi connectivity index (χ1n) is 4.56. The van der Waals surface area contributed by atoms with Crippen molar-refractivity contribution in [2.24, 2.45) is 0 Å². The van der Waals surface area contributed by atoms with Gasteiger partial charge in [-0.3, -0.25) is 10.1 Å². The van der Waals surface area contributed by atoms with Crippen molar-refractivity contribution in [2.75, 3.05) is 0 Å². The quantitative estimate of drug-likeness (QED) is 0.601.